The average Bonchev–Trinajstić information content (AvgIpc) is 2.82. The van der Waals surface area contributed by atoms with Gasteiger partial charge in [0.2, 0.25) is 5.91 Å². The molecule has 0 saturated carbocycles. The van der Waals surface area contributed by atoms with Crippen molar-refractivity contribution >= 4 is 18.0 Å². The zero-order valence-corrected chi connectivity index (χ0v) is 22.6. The molecule has 0 aliphatic rings. The van der Waals surface area contributed by atoms with Gasteiger partial charge in [-0.25, -0.2) is 4.79 Å². The van der Waals surface area contributed by atoms with Gasteiger partial charge in [0.25, 0.3) is 0 Å². The Morgan fingerprint density at radius 1 is 0.595 bits per heavy atom. The molecule has 0 saturated heterocycles. The van der Waals surface area contributed by atoms with E-state index in [-0.39, 0.29) is 18.7 Å². The van der Waals surface area contributed by atoms with Gasteiger partial charge in [0.05, 0.1) is 79.1 Å². The number of carbonyl (C=O) groups excluding carboxylic acids is 2. The quantitative estimate of drug-likeness (QED) is 0.142. The Hall–Kier alpha value is -2.03. The maximum Gasteiger partial charge on any atom is 0.407 e. The summed E-state index contributed by atoms with van der Waals surface area (Å²) in [5.41, 5.74) is -0.516. The van der Waals surface area contributed by atoms with E-state index in [1.165, 1.54) is 0 Å². The van der Waals surface area contributed by atoms with Gasteiger partial charge >= 0.3 is 12.1 Å². The molecular formula is C24H46N2O11. The maximum absolute atomic E-state index is 11.4. The molecule has 0 aromatic rings. The molecule has 0 heterocycles. The number of hydrogen-bond acceptors (Lipinski definition) is 10. The number of ether oxygens (including phenoxy) is 7. The minimum Gasteiger partial charge on any atom is -0.481 e. The molecule has 0 aliphatic carbocycles. The second-order valence-corrected chi connectivity index (χ2v) is 8.70. The van der Waals surface area contributed by atoms with Crippen LogP contribution in [0.4, 0.5) is 4.79 Å². The van der Waals surface area contributed by atoms with Gasteiger partial charge in [0.1, 0.15) is 5.60 Å². The summed E-state index contributed by atoms with van der Waals surface area (Å²) in [4.78, 5) is 33.1. The first-order valence-electron chi connectivity index (χ1n) is 12.6. The third-order valence-corrected chi connectivity index (χ3v) is 4.13. The second-order valence-electron chi connectivity index (χ2n) is 8.70. The third-order valence-electron chi connectivity index (χ3n) is 4.13. The molecule has 0 aromatic carbocycles. The van der Waals surface area contributed by atoms with E-state index in [0.717, 1.165) is 0 Å². The Kier molecular flexibility index (Phi) is 23.0. The highest BCUT2D eigenvalue weighted by Crippen LogP contribution is 2.06. The number of amides is 2. The zero-order chi connectivity index (χ0) is 27.6. The van der Waals surface area contributed by atoms with Crippen LogP contribution in [0.2, 0.25) is 0 Å². The van der Waals surface area contributed by atoms with Crippen molar-refractivity contribution in [2.24, 2.45) is 0 Å². The summed E-state index contributed by atoms with van der Waals surface area (Å²) < 4.78 is 37.5. The van der Waals surface area contributed by atoms with Gasteiger partial charge in [-0.15, -0.1) is 0 Å². The number of carbonyl (C=O) groups is 3. The fraction of sp³-hybridized carbons (Fsp3) is 0.875. The van der Waals surface area contributed by atoms with Gasteiger partial charge in [-0.05, 0) is 27.2 Å². The summed E-state index contributed by atoms with van der Waals surface area (Å²) in [6, 6.07) is 0. The summed E-state index contributed by atoms with van der Waals surface area (Å²) >= 11 is 0. The molecule has 0 unspecified atom stereocenters. The van der Waals surface area contributed by atoms with Gasteiger partial charge < -0.3 is 48.9 Å². The first-order chi connectivity index (χ1) is 17.7. The van der Waals surface area contributed by atoms with Crippen LogP contribution >= 0.6 is 0 Å². The van der Waals surface area contributed by atoms with Crippen LogP contribution in [0.15, 0.2) is 0 Å². The Labute approximate surface area is 219 Å². The molecule has 0 aliphatic heterocycles. The largest absolute Gasteiger partial charge is 0.481 e. The number of hydrogen-bond donors (Lipinski definition) is 3. The number of aliphatic carboxylic acids is 1. The van der Waals surface area contributed by atoms with Crippen LogP contribution in [-0.2, 0) is 42.7 Å². The van der Waals surface area contributed by atoms with E-state index >= 15 is 0 Å². The lowest BCUT2D eigenvalue weighted by Gasteiger charge is -2.19. The van der Waals surface area contributed by atoms with Crippen molar-refractivity contribution in [3.8, 4) is 0 Å². The SMILES string of the molecule is CC(C)(C)OC(=O)NCCOCCOCCOCCOCCOCCOCCCNC(=O)CCC(=O)O. The van der Waals surface area contributed by atoms with Gasteiger partial charge in [0.15, 0.2) is 0 Å². The van der Waals surface area contributed by atoms with Crippen LogP contribution in [-0.4, -0.2) is 121 Å². The lowest BCUT2D eigenvalue weighted by atomic mass is 10.2. The van der Waals surface area contributed by atoms with Gasteiger partial charge in [-0.3, -0.25) is 9.59 Å². The Balaban J connectivity index is 3.17. The van der Waals surface area contributed by atoms with Crippen LogP contribution in [0.5, 0.6) is 0 Å². The molecule has 0 fully saturated rings. The van der Waals surface area contributed by atoms with Crippen LogP contribution in [0, 0.1) is 0 Å². The Morgan fingerprint density at radius 3 is 1.46 bits per heavy atom. The number of nitrogens with one attached hydrogen (secondary N) is 2. The molecule has 13 heteroatoms. The Bertz CT molecular complexity index is 586. The van der Waals surface area contributed by atoms with E-state index in [9.17, 15) is 14.4 Å². The van der Waals surface area contributed by atoms with Crippen molar-refractivity contribution in [2.75, 3.05) is 92.4 Å². The number of alkyl carbamates (subject to hydrolysis) is 1. The predicted molar refractivity (Wildman–Crippen MR) is 134 cm³/mol. The first-order valence-corrected chi connectivity index (χ1v) is 12.6. The van der Waals surface area contributed by atoms with Crippen LogP contribution < -0.4 is 10.6 Å². The second kappa shape index (κ2) is 24.3. The van der Waals surface area contributed by atoms with Gasteiger partial charge in [0, 0.05) is 26.1 Å². The summed E-state index contributed by atoms with van der Waals surface area (Å²) in [6.45, 7) is 11.6. The van der Waals surface area contributed by atoms with Gasteiger partial charge in [-0.2, -0.15) is 0 Å². The van der Waals surface area contributed by atoms with Crippen molar-refractivity contribution < 1.29 is 52.6 Å². The van der Waals surface area contributed by atoms with Crippen LogP contribution in [0.1, 0.15) is 40.0 Å². The average molecular weight is 539 g/mol. The molecular weight excluding hydrogens is 492 g/mol. The lowest BCUT2D eigenvalue weighted by Crippen LogP contribution is -2.34. The highest BCUT2D eigenvalue weighted by molar-refractivity contribution is 5.80. The zero-order valence-electron chi connectivity index (χ0n) is 22.6. The highest BCUT2D eigenvalue weighted by Gasteiger charge is 2.15. The van der Waals surface area contributed by atoms with Crippen molar-refractivity contribution in [1.29, 1.82) is 0 Å². The topological polar surface area (TPSA) is 160 Å². The third kappa shape index (κ3) is 30.1. The molecule has 218 valence electrons. The molecule has 2 amide bonds. The van der Waals surface area contributed by atoms with E-state index in [0.29, 0.717) is 98.8 Å². The summed E-state index contributed by atoms with van der Waals surface area (Å²) in [5.74, 6) is -1.25. The molecule has 0 spiro atoms. The number of rotatable bonds is 25. The van der Waals surface area contributed by atoms with Crippen molar-refractivity contribution in [3.05, 3.63) is 0 Å². The number of carboxylic acid groups (broad SMARTS) is 1. The minimum absolute atomic E-state index is 0.0111. The van der Waals surface area contributed by atoms with Crippen molar-refractivity contribution in [2.45, 2.75) is 45.6 Å². The molecule has 3 N–H and O–H groups in total. The predicted octanol–water partition coefficient (Wildman–Crippen LogP) is 0.982. The molecule has 0 radical (unpaired) electrons. The monoisotopic (exact) mass is 538 g/mol. The molecule has 0 rings (SSSR count). The molecule has 0 atom stereocenters. The molecule has 37 heavy (non-hydrogen) atoms. The normalized spacial score (nSPS) is 11.3. The summed E-state index contributed by atoms with van der Waals surface area (Å²) in [6.07, 6.45) is 0.0126. The van der Waals surface area contributed by atoms with E-state index in [2.05, 4.69) is 10.6 Å². The molecule has 0 aromatic heterocycles. The van der Waals surface area contributed by atoms with E-state index in [1.807, 2.05) is 0 Å². The fourth-order valence-corrected chi connectivity index (χ4v) is 2.45. The van der Waals surface area contributed by atoms with E-state index in [1.54, 1.807) is 20.8 Å². The maximum atomic E-state index is 11.4. The molecule has 0 bridgehead atoms. The molecule has 13 nitrogen and oxygen atoms in total. The van der Waals surface area contributed by atoms with E-state index in [4.69, 9.17) is 38.3 Å². The number of carboxylic acids is 1. The van der Waals surface area contributed by atoms with Crippen LogP contribution in [0.25, 0.3) is 0 Å². The summed E-state index contributed by atoms with van der Waals surface area (Å²) in [7, 11) is 0. The smallest absolute Gasteiger partial charge is 0.407 e. The first kappa shape index (κ1) is 35.0. The standard InChI is InChI=1S/C24H46N2O11/c1-24(2,3)37-23(30)26-8-10-32-12-14-34-16-18-36-20-19-35-17-15-33-13-11-31-9-4-7-25-21(27)5-6-22(28)29/h4-20H2,1-3H3,(H,25,27)(H,26,30)(H,28,29). The fourth-order valence-electron chi connectivity index (χ4n) is 2.45. The van der Waals surface area contributed by atoms with Crippen molar-refractivity contribution in [3.63, 3.8) is 0 Å². The lowest BCUT2D eigenvalue weighted by molar-refractivity contribution is -0.138. The highest BCUT2D eigenvalue weighted by atomic mass is 16.6. The van der Waals surface area contributed by atoms with Crippen LogP contribution in [0.3, 0.4) is 0 Å². The Morgan fingerprint density at radius 2 is 1.03 bits per heavy atom. The summed E-state index contributed by atoms with van der Waals surface area (Å²) in [5, 5.41) is 13.8. The van der Waals surface area contributed by atoms with Gasteiger partial charge in [-0.1, -0.05) is 0 Å². The van der Waals surface area contributed by atoms with Crippen molar-refractivity contribution in [1.82, 2.24) is 10.6 Å². The van der Waals surface area contributed by atoms with E-state index < -0.39 is 17.7 Å². The minimum atomic E-state index is -0.984.